The van der Waals surface area contributed by atoms with Crippen molar-refractivity contribution in [1.82, 2.24) is 0 Å². The summed E-state index contributed by atoms with van der Waals surface area (Å²) in [7, 11) is 2.33. The SMILES string of the molecule is COC(C)(C)C(C)(C)OBc1ccccc1. The van der Waals surface area contributed by atoms with Crippen molar-refractivity contribution in [1.29, 1.82) is 0 Å². The molecule has 0 aromatic heterocycles. The number of rotatable bonds is 5. The van der Waals surface area contributed by atoms with Crippen LogP contribution in [0.25, 0.3) is 0 Å². The standard InChI is InChI=1S/C13H21BO2/c1-12(2,15-5)13(3,4)16-14-11-9-7-6-8-10-11/h6-10,14H,1-5H3. The predicted molar refractivity (Wildman–Crippen MR) is 69.5 cm³/mol. The average Bonchev–Trinajstić information content (AvgIpc) is 2.27. The molecule has 0 saturated carbocycles. The molecule has 0 unspecified atom stereocenters. The Balaban J connectivity index is 2.61. The third-order valence-electron chi connectivity index (χ3n) is 3.40. The van der Waals surface area contributed by atoms with Crippen molar-refractivity contribution in [2.45, 2.75) is 38.9 Å². The van der Waals surface area contributed by atoms with Crippen LogP contribution in [0.2, 0.25) is 0 Å². The quantitative estimate of drug-likeness (QED) is 0.705. The molecule has 16 heavy (non-hydrogen) atoms. The van der Waals surface area contributed by atoms with Gasteiger partial charge in [0.1, 0.15) is 0 Å². The van der Waals surface area contributed by atoms with Crippen LogP contribution >= 0.6 is 0 Å². The largest absolute Gasteiger partial charge is 0.427 e. The molecule has 3 heteroatoms. The summed E-state index contributed by atoms with van der Waals surface area (Å²) in [5.74, 6) is 0. The second-order valence-corrected chi connectivity index (χ2v) is 5.00. The van der Waals surface area contributed by atoms with Crippen LogP contribution in [0.15, 0.2) is 30.3 Å². The summed E-state index contributed by atoms with van der Waals surface area (Å²) in [6, 6.07) is 10.2. The van der Waals surface area contributed by atoms with Crippen molar-refractivity contribution < 1.29 is 9.39 Å². The van der Waals surface area contributed by atoms with Gasteiger partial charge in [0.25, 0.3) is 0 Å². The Morgan fingerprint density at radius 3 is 2.00 bits per heavy atom. The second kappa shape index (κ2) is 5.02. The number of benzene rings is 1. The van der Waals surface area contributed by atoms with Crippen molar-refractivity contribution in [2.75, 3.05) is 7.11 Å². The predicted octanol–water partition coefficient (Wildman–Crippen LogP) is 1.88. The Labute approximate surface area is 99.2 Å². The third-order valence-corrected chi connectivity index (χ3v) is 3.40. The van der Waals surface area contributed by atoms with Crippen molar-refractivity contribution in [2.24, 2.45) is 0 Å². The smallest absolute Gasteiger partial charge is 0.309 e. The van der Waals surface area contributed by atoms with Gasteiger partial charge in [-0.05, 0) is 27.7 Å². The van der Waals surface area contributed by atoms with Crippen LogP contribution in [0.3, 0.4) is 0 Å². The number of methoxy groups -OCH3 is 1. The molecule has 0 radical (unpaired) electrons. The van der Waals surface area contributed by atoms with E-state index in [1.807, 2.05) is 32.0 Å². The maximum Gasteiger partial charge on any atom is 0.309 e. The molecule has 0 heterocycles. The summed E-state index contributed by atoms with van der Waals surface area (Å²) >= 11 is 0. The van der Waals surface area contributed by atoms with E-state index in [2.05, 4.69) is 26.0 Å². The minimum atomic E-state index is -0.322. The molecule has 1 aromatic carbocycles. The Morgan fingerprint density at radius 1 is 0.938 bits per heavy atom. The molecule has 88 valence electrons. The molecule has 0 aliphatic heterocycles. The van der Waals surface area contributed by atoms with E-state index in [1.54, 1.807) is 7.11 Å². The molecule has 0 N–H and O–H groups in total. The molecular weight excluding hydrogens is 199 g/mol. The number of ether oxygens (including phenoxy) is 1. The van der Waals surface area contributed by atoms with Gasteiger partial charge in [-0.2, -0.15) is 0 Å². The Morgan fingerprint density at radius 2 is 1.50 bits per heavy atom. The molecule has 0 aliphatic carbocycles. The molecule has 0 amide bonds. The summed E-state index contributed by atoms with van der Waals surface area (Å²) in [6.45, 7) is 8.19. The Hall–Kier alpha value is -0.795. The summed E-state index contributed by atoms with van der Waals surface area (Å²) in [6.07, 6.45) is 0. The van der Waals surface area contributed by atoms with Crippen molar-refractivity contribution >= 4 is 12.9 Å². The van der Waals surface area contributed by atoms with Gasteiger partial charge in [-0.25, -0.2) is 0 Å². The molecule has 0 bridgehead atoms. The number of hydrogen-bond acceptors (Lipinski definition) is 2. The number of hydrogen-bond donors (Lipinski definition) is 0. The maximum absolute atomic E-state index is 5.95. The lowest BCUT2D eigenvalue weighted by Gasteiger charge is -2.40. The first-order valence-corrected chi connectivity index (χ1v) is 5.62. The van der Waals surface area contributed by atoms with Gasteiger partial charge in [0.05, 0.1) is 11.2 Å². The van der Waals surface area contributed by atoms with Crippen LogP contribution in [0.1, 0.15) is 27.7 Å². The molecule has 0 saturated heterocycles. The summed E-state index contributed by atoms with van der Waals surface area (Å²) in [5, 5.41) is 0. The molecule has 0 aliphatic rings. The van der Waals surface area contributed by atoms with Crippen LogP contribution in [0.4, 0.5) is 0 Å². The monoisotopic (exact) mass is 220 g/mol. The highest BCUT2D eigenvalue weighted by molar-refractivity contribution is 6.47. The Bertz CT molecular complexity index is 320. The zero-order valence-corrected chi connectivity index (χ0v) is 10.9. The lowest BCUT2D eigenvalue weighted by Crippen LogP contribution is -2.50. The highest BCUT2D eigenvalue weighted by atomic mass is 16.5. The third kappa shape index (κ3) is 3.10. The van der Waals surface area contributed by atoms with Gasteiger partial charge in [-0.1, -0.05) is 35.8 Å². The maximum atomic E-state index is 5.95. The van der Waals surface area contributed by atoms with Gasteiger partial charge in [-0.3, -0.25) is 0 Å². The van der Waals surface area contributed by atoms with E-state index in [-0.39, 0.29) is 11.2 Å². The van der Waals surface area contributed by atoms with Gasteiger partial charge < -0.3 is 9.39 Å². The van der Waals surface area contributed by atoms with E-state index in [9.17, 15) is 0 Å². The molecule has 2 nitrogen and oxygen atoms in total. The molecule has 0 spiro atoms. The first kappa shape index (κ1) is 13.3. The van der Waals surface area contributed by atoms with E-state index in [1.165, 1.54) is 5.46 Å². The first-order chi connectivity index (χ1) is 7.39. The fourth-order valence-electron chi connectivity index (χ4n) is 1.26. The minimum absolute atomic E-state index is 0.304. The van der Waals surface area contributed by atoms with E-state index in [4.69, 9.17) is 9.39 Å². The van der Waals surface area contributed by atoms with Crippen LogP contribution < -0.4 is 5.46 Å². The summed E-state index contributed by atoms with van der Waals surface area (Å²) in [5.41, 5.74) is 0.557. The van der Waals surface area contributed by atoms with E-state index in [0.717, 1.165) is 0 Å². The van der Waals surface area contributed by atoms with E-state index >= 15 is 0 Å². The van der Waals surface area contributed by atoms with Crippen molar-refractivity contribution in [3.05, 3.63) is 30.3 Å². The first-order valence-electron chi connectivity index (χ1n) is 5.62. The van der Waals surface area contributed by atoms with Crippen LogP contribution in [0.5, 0.6) is 0 Å². The van der Waals surface area contributed by atoms with Gasteiger partial charge in [-0.15, -0.1) is 0 Å². The van der Waals surface area contributed by atoms with Crippen molar-refractivity contribution in [3.63, 3.8) is 0 Å². The molecule has 1 rings (SSSR count). The fourth-order valence-corrected chi connectivity index (χ4v) is 1.26. The van der Waals surface area contributed by atoms with Crippen LogP contribution in [0, 0.1) is 0 Å². The molecule has 1 aromatic rings. The summed E-state index contributed by atoms with van der Waals surface area (Å²) in [4.78, 5) is 0. The fraction of sp³-hybridized carbons (Fsp3) is 0.538. The topological polar surface area (TPSA) is 18.5 Å². The van der Waals surface area contributed by atoms with Gasteiger partial charge in [0.2, 0.25) is 0 Å². The lowest BCUT2D eigenvalue weighted by molar-refractivity contribution is -0.114. The van der Waals surface area contributed by atoms with E-state index < -0.39 is 0 Å². The summed E-state index contributed by atoms with van der Waals surface area (Å²) < 4.78 is 11.4. The second-order valence-electron chi connectivity index (χ2n) is 5.00. The molecular formula is C13H21BO2. The van der Waals surface area contributed by atoms with Gasteiger partial charge in [0, 0.05) is 7.11 Å². The van der Waals surface area contributed by atoms with Crippen molar-refractivity contribution in [3.8, 4) is 0 Å². The lowest BCUT2D eigenvalue weighted by atomic mass is 9.82. The van der Waals surface area contributed by atoms with Gasteiger partial charge in [0.15, 0.2) is 0 Å². The zero-order chi connectivity index (χ0) is 12.2. The van der Waals surface area contributed by atoms with Crippen LogP contribution in [-0.4, -0.2) is 25.8 Å². The minimum Gasteiger partial charge on any atom is -0.427 e. The Kier molecular flexibility index (Phi) is 4.17. The molecule has 0 atom stereocenters. The highest BCUT2D eigenvalue weighted by Gasteiger charge is 2.37. The van der Waals surface area contributed by atoms with Crippen LogP contribution in [-0.2, 0) is 9.39 Å². The average molecular weight is 220 g/mol. The molecule has 0 fully saturated rings. The zero-order valence-electron chi connectivity index (χ0n) is 10.9. The highest BCUT2D eigenvalue weighted by Crippen LogP contribution is 2.27. The van der Waals surface area contributed by atoms with E-state index in [0.29, 0.717) is 7.48 Å². The van der Waals surface area contributed by atoms with Gasteiger partial charge >= 0.3 is 7.48 Å². The normalized spacial score (nSPS) is 12.6.